The second kappa shape index (κ2) is 7.42. The first kappa shape index (κ1) is 18.6. The van der Waals surface area contributed by atoms with Gasteiger partial charge in [-0.25, -0.2) is 8.42 Å². The lowest BCUT2D eigenvalue weighted by Crippen LogP contribution is -2.45. The smallest absolute Gasteiger partial charge is 0.263 e. The lowest BCUT2D eigenvalue weighted by atomic mass is 10.00. The van der Waals surface area contributed by atoms with E-state index in [1.54, 1.807) is 31.2 Å². The van der Waals surface area contributed by atoms with Crippen LogP contribution in [0.15, 0.2) is 24.3 Å². The SMILES string of the molecule is C[C@H]1CCCN(C(=O)[C@H](C)Oc2ccc(N(C)S(C)(=O)=O)cc2)C1. The molecule has 0 aromatic heterocycles. The average molecular weight is 354 g/mol. The van der Waals surface area contributed by atoms with Gasteiger partial charge in [0.05, 0.1) is 11.9 Å². The van der Waals surface area contributed by atoms with Gasteiger partial charge in [0.1, 0.15) is 5.75 Å². The molecule has 0 saturated carbocycles. The summed E-state index contributed by atoms with van der Waals surface area (Å²) in [7, 11) is -1.80. The number of carbonyl (C=O) groups is 1. The highest BCUT2D eigenvalue weighted by atomic mass is 32.2. The molecular formula is C17H26N2O4S. The zero-order valence-corrected chi connectivity index (χ0v) is 15.5. The Kier molecular flexibility index (Phi) is 5.74. The Bertz CT molecular complexity index is 672. The van der Waals surface area contributed by atoms with Gasteiger partial charge in [-0.1, -0.05) is 6.92 Å². The van der Waals surface area contributed by atoms with Gasteiger partial charge in [0.15, 0.2) is 6.10 Å². The third kappa shape index (κ3) is 4.63. The molecule has 0 bridgehead atoms. The number of hydrogen-bond acceptors (Lipinski definition) is 4. The van der Waals surface area contributed by atoms with Crippen molar-refractivity contribution in [3.8, 4) is 5.75 Å². The first-order chi connectivity index (χ1) is 11.2. The largest absolute Gasteiger partial charge is 0.481 e. The van der Waals surface area contributed by atoms with Crippen molar-refractivity contribution in [2.75, 3.05) is 30.7 Å². The number of nitrogens with zero attached hydrogens (tertiary/aromatic N) is 2. The van der Waals surface area contributed by atoms with E-state index in [0.717, 1.165) is 32.2 Å². The number of amides is 1. The molecule has 1 saturated heterocycles. The Morgan fingerprint density at radius 3 is 2.50 bits per heavy atom. The van der Waals surface area contributed by atoms with Crippen LogP contribution in [0, 0.1) is 5.92 Å². The van der Waals surface area contributed by atoms with E-state index in [4.69, 9.17) is 4.74 Å². The van der Waals surface area contributed by atoms with Crippen molar-refractivity contribution in [1.29, 1.82) is 0 Å². The lowest BCUT2D eigenvalue weighted by molar-refractivity contribution is -0.139. The van der Waals surface area contributed by atoms with Crippen molar-refractivity contribution in [1.82, 2.24) is 4.90 Å². The van der Waals surface area contributed by atoms with Gasteiger partial charge in [0, 0.05) is 20.1 Å². The third-order valence-corrected chi connectivity index (χ3v) is 5.53. The summed E-state index contributed by atoms with van der Waals surface area (Å²) >= 11 is 0. The van der Waals surface area contributed by atoms with Crippen LogP contribution in [0.4, 0.5) is 5.69 Å². The maximum atomic E-state index is 12.5. The van der Waals surface area contributed by atoms with Gasteiger partial charge in [0.25, 0.3) is 5.91 Å². The van der Waals surface area contributed by atoms with Crippen molar-refractivity contribution < 1.29 is 17.9 Å². The summed E-state index contributed by atoms with van der Waals surface area (Å²) in [5, 5.41) is 0. The Balaban J connectivity index is 1.99. The molecule has 0 aliphatic carbocycles. The summed E-state index contributed by atoms with van der Waals surface area (Å²) in [6.45, 7) is 5.47. The summed E-state index contributed by atoms with van der Waals surface area (Å²) in [4.78, 5) is 14.3. The molecule has 0 N–H and O–H groups in total. The van der Waals surface area contributed by atoms with E-state index in [1.165, 1.54) is 11.4 Å². The van der Waals surface area contributed by atoms with Gasteiger partial charge in [-0.05, 0) is 49.9 Å². The monoisotopic (exact) mass is 354 g/mol. The van der Waals surface area contributed by atoms with Crippen molar-refractivity contribution in [2.24, 2.45) is 5.92 Å². The molecule has 1 aliphatic heterocycles. The number of rotatable bonds is 5. The predicted molar refractivity (Wildman–Crippen MR) is 94.8 cm³/mol. The van der Waals surface area contributed by atoms with Gasteiger partial charge in [-0.15, -0.1) is 0 Å². The second-order valence-electron chi connectivity index (χ2n) is 6.52. The van der Waals surface area contributed by atoms with Crippen LogP contribution < -0.4 is 9.04 Å². The van der Waals surface area contributed by atoms with E-state index >= 15 is 0 Å². The lowest BCUT2D eigenvalue weighted by Gasteiger charge is -2.32. The highest BCUT2D eigenvalue weighted by Crippen LogP contribution is 2.22. The first-order valence-electron chi connectivity index (χ1n) is 8.18. The fourth-order valence-corrected chi connectivity index (χ4v) is 3.33. The molecule has 1 amide bonds. The third-order valence-electron chi connectivity index (χ3n) is 4.33. The average Bonchev–Trinajstić information content (AvgIpc) is 2.53. The number of hydrogen-bond donors (Lipinski definition) is 0. The molecule has 2 atom stereocenters. The summed E-state index contributed by atoms with van der Waals surface area (Å²) < 4.78 is 30.0. The number of anilines is 1. The van der Waals surface area contributed by atoms with Crippen LogP contribution in [0.3, 0.4) is 0 Å². The molecule has 7 heteroatoms. The normalized spacial score (nSPS) is 19.7. The zero-order valence-electron chi connectivity index (χ0n) is 14.7. The number of piperidine rings is 1. The number of ether oxygens (including phenoxy) is 1. The Morgan fingerprint density at radius 1 is 1.33 bits per heavy atom. The van der Waals surface area contributed by atoms with Gasteiger partial charge in [0.2, 0.25) is 10.0 Å². The maximum Gasteiger partial charge on any atom is 0.263 e. The van der Waals surface area contributed by atoms with E-state index < -0.39 is 16.1 Å². The van der Waals surface area contributed by atoms with Crippen molar-refractivity contribution in [2.45, 2.75) is 32.8 Å². The Morgan fingerprint density at radius 2 is 1.96 bits per heavy atom. The van der Waals surface area contributed by atoms with Crippen molar-refractivity contribution in [3.63, 3.8) is 0 Å². The molecule has 1 heterocycles. The second-order valence-corrected chi connectivity index (χ2v) is 8.53. The van der Waals surface area contributed by atoms with E-state index in [-0.39, 0.29) is 5.91 Å². The summed E-state index contributed by atoms with van der Waals surface area (Å²) in [5.41, 5.74) is 0.550. The van der Waals surface area contributed by atoms with Crippen LogP contribution in [0.25, 0.3) is 0 Å². The molecule has 2 rings (SSSR count). The molecule has 0 radical (unpaired) electrons. The molecule has 24 heavy (non-hydrogen) atoms. The minimum absolute atomic E-state index is 0.00104. The molecule has 0 unspecified atom stereocenters. The van der Waals surface area contributed by atoms with Gasteiger partial charge < -0.3 is 9.64 Å². The van der Waals surface area contributed by atoms with E-state index in [0.29, 0.717) is 17.4 Å². The fourth-order valence-electron chi connectivity index (χ4n) is 2.83. The molecular weight excluding hydrogens is 328 g/mol. The van der Waals surface area contributed by atoms with Crippen LogP contribution in [-0.4, -0.2) is 51.7 Å². The minimum atomic E-state index is -3.29. The van der Waals surface area contributed by atoms with Gasteiger partial charge in [-0.3, -0.25) is 9.10 Å². The zero-order chi connectivity index (χ0) is 17.9. The summed E-state index contributed by atoms with van der Waals surface area (Å²) in [5.74, 6) is 1.08. The molecule has 1 aromatic rings. The van der Waals surface area contributed by atoms with Gasteiger partial charge in [-0.2, -0.15) is 0 Å². The van der Waals surface area contributed by atoms with Crippen LogP contribution in [0.5, 0.6) is 5.75 Å². The number of likely N-dealkylation sites (tertiary alicyclic amines) is 1. The summed E-state index contributed by atoms with van der Waals surface area (Å²) in [6.07, 6.45) is 2.78. The van der Waals surface area contributed by atoms with Crippen LogP contribution >= 0.6 is 0 Å². The summed E-state index contributed by atoms with van der Waals surface area (Å²) in [6, 6.07) is 6.69. The number of benzene rings is 1. The quantitative estimate of drug-likeness (QED) is 0.812. The highest BCUT2D eigenvalue weighted by Gasteiger charge is 2.26. The maximum absolute atomic E-state index is 12.5. The van der Waals surface area contributed by atoms with Crippen molar-refractivity contribution in [3.05, 3.63) is 24.3 Å². The molecule has 6 nitrogen and oxygen atoms in total. The molecule has 1 aromatic carbocycles. The molecule has 1 fully saturated rings. The Labute approximate surface area is 144 Å². The molecule has 134 valence electrons. The highest BCUT2D eigenvalue weighted by molar-refractivity contribution is 7.92. The first-order valence-corrected chi connectivity index (χ1v) is 10.0. The van der Waals surface area contributed by atoms with E-state index in [2.05, 4.69) is 6.92 Å². The minimum Gasteiger partial charge on any atom is -0.481 e. The van der Waals surface area contributed by atoms with E-state index in [1.807, 2.05) is 4.90 Å². The molecule has 0 spiro atoms. The Hall–Kier alpha value is -1.76. The van der Waals surface area contributed by atoms with Crippen molar-refractivity contribution >= 4 is 21.6 Å². The predicted octanol–water partition coefficient (Wildman–Crippen LogP) is 2.11. The standard InChI is InChI=1S/C17H26N2O4S/c1-13-6-5-11-19(12-13)17(20)14(2)23-16-9-7-15(8-10-16)18(3)24(4,21)22/h7-10,13-14H,5-6,11-12H2,1-4H3/t13-,14-/m0/s1. The van der Waals surface area contributed by atoms with Crippen LogP contribution in [-0.2, 0) is 14.8 Å². The fraction of sp³-hybridized carbons (Fsp3) is 0.588. The van der Waals surface area contributed by atoms with E-state index in [9.17, 15) is 13.2 Å². The van der Waals surface area contributed by atoms with Crippen LogP contribution in [0.1, 0.15) is 26.7 Å². The number of sulfonamides is 1. The topological polar surface area (TPSA) is 66.9 Å². The molecule has 1 aliphatic rings. The van der Waals surface area contributed by atoms with Crippen LogP contribution in [0.2, 0.25) is 0 Å². The number of carbonyl (C=O) groups excluding carboxylic acids is 1. The van der Waals surface area contributed by atoms with Gasteiger partial charge >= 0.3 is 0 Å².